The first-order valence-corrected chi connectivity index (χ1v) is 11.1. The normalized spacial score (nSPS) is 14.5. The Bertz CT molecular complexity index is 1100. The molecule has 0 bridgehead atoms. The highest BCUT2D eigenvalue weighted by molar-refractivity contribution is 6.33. The Morgan fingerprint density at radius 2 is 1.97 bits per heavy atom. The van der Waals surface area contributed by atoms with Gasteiger partial charge in [-0.3, -0.25) is 4.79 Å². The number of carbonyl (C=O) groups is 1. The third-order valence-electron chi connectivity index (χ3n) is 5.72. The second-order valence-corrected chi connectivity index (χ2v) is 8.52. The second-order valence-electron chi connectivity index (χ2n) is 8.11. The van der Waals surface area contributed by atoms with Gasteiger partial charge in [0.15, 0.2) is 0 Å². The van der Waals surface area contributed by atoms with Gasteiger partial charge in [-0.2, -0.15) is 14.6 Å². The minimum Gasteiger partial charge on any atom is -0.367 e. The molecule has 1 aliphatic rings. The van der Waals surface area contributed by atoms with E-state index in [4.69, 9.17) is 11.6 Å². The summed E-state index contributed by atoms with van der Waals surface area (Å²) in [7, 11) is 0. The Morgan fingerprint density at radius 1 is 1.23 bits per heavy atom. The van der Waals surface area contributed by atoms with Crippen LogP contribution in [0.1, 0.15) is 32.0 Å². The predicted octanol–water partition coefficient (Wildman–Crippen LogP) is 3.70. The molecular formula is C22H28ClN7O. The number of halogens is 1. The maximum atomic E-state index is 12.2. The van der Waals surface area contributed by atoms with Crippen LogP contribution in [0.3, 0.4) is 0 Å². The number of hydrogen-bond donors (Lipinski definition) is 1. The molecule has 0 unspecified atom stereocenters. The molecular weight excluding hydrogens is 414 g/mol. The van der Waals surface area contributed by atoms with Gasteiger partial charge < -0.3 is 15.1 Å². The van der Waals surface area contributed by atoms with Gasteiger partial charge in [-0.25, -0.2) is 4.98 Å². The van der Waals surface area contributed by atoms with Gasteiger partial charge in [0.1, 0.15) is 12.1 Å². The number of aryl methyl sites for hydroxylation is 1. The number of benzene rings is 1. The van der Waals surface area contributed by atoms with E-state index in [2.05, 4.69) is 32.2 Å². The van der Waals surface area contributed by atoms with Crippen LogP contribution >= 0.6 is 11.6 Å². The number of carbonyl (C=O) groups excluding carboxylic acids is 1. The van der Waals surface area contributed by atoms with Gasteiger partial charge >= 0.3 is 0 Å². The summed E-state index contributed by atoms with van der Waals surface area (Å²) in [6, 6.07) is 5.98. The Balaban J connectivity index is 1.54. The number of rotatable bonds is 5. The zero-order valence-electron chi connectivity index (χ0n) is 18.4. The average Bonchev–Trinajstić information content (AvgIpc) is 3.22. The van der Waals surface area contributed by atoms with Gasteiger partial charge in [-0.15, -0.1) is 0 Å². The van der Waals surface area contributed by atoms with Crippen LogP contribution in [0.4, 0.5) is 17.2 Å². The molecule has 0 atom stereocenters. The SMILES string of the molecule is CCc1c(C)nc2ncnn2c1Nc1ccc(N2CCN(C(=O)C(C)C)CC2)c(Cl)c1. The van der Waals surface area contributed by atoms with E-state index in [1.54, 1.807) is 4.52 Å². The van der Waals surface area contributed by atoms with Crippen molar-refractivity contribution in [3.8, 4) is 0 Å². The first-order chi connectivity index (χ1) is 14.9. The van der Waals surface area contributed by atoms with Gasteiger partial charge in [0.2, 0.25) is 5.91 Å². The summed E-state index contributed by atoms with van der Waals surface area (Å²) in [4.78, 5) is 25.1. The highest BCUT2D eigenvalue weighted by Gasteiger charge is 2.24. The molecule has 1 amide bonds. The Morgan fingerprint density at radius 3 is 2.61 bits per heavy atom. The van der Waals surface area contributed by atoms with E-state index in [-0.39, 0.29) is 11.8 Å². The van der Waals surface area contributed by atoms with Gasteiger partial charge in [0.25, 0.3) is 5.78 Å². The Labute approximate surface area is 187 Å². The van der Waals surface area contributed by atoms with Crippen LogP contribution in [0.25, 0.3) is 5.78 Å². The molecule has 0 aliphatic carbocycles. The van der Waals surface area contributed by atoms with Gasteiger partial charge in [0.05, 0.1) is 10.7 Å². The van der Waals surface area contributed by atoms with Crippen LogP contribution in [0.15, 0.2) is 24.5 Å². The lowest BCUT2D eigenvalue weighted by atomic mass is 10.1. The lowest BCUT2D eigenvalue weighted by Gasteiger charge is -2.37. The third-order valence-corrected chi connectivity index (χ3v) is 6.02. The van der Waals surface area contributed by atoms with Crippen LogP contribution < -0.4 is 10.2 Å². The molecule has 164 valence electrons. The number of aromatic nitrogens is 4. The lowest BCUT2D eigenvalue weighted by molar-refractivity contribution is -0.134. The van der Waals surface area contributed by atoms with E-state index >= 15 is 0 Å². The maximum Gasteiger partial charge on any atom is 0.254 e. The largest absolute Gasteiger partial charge is 0.367 e. The first kappa shape index (κ1) is 21.4. The summed E-state index contributed by atoms with van der Waals surface area (Å²) in [5.41, 5.74) is 3.88. The monoisotopic (exact) mass is 441 g/mol. The van der Waals surface area contributed by atoms with E-state index in [1.807, 2.05) is 43.9 Å². The summed E-state index contributed by atoms with van der Waals surface area (Å²) in [5, 5.41) is 8.46. The zero-order valence-corrected chi connectivity index (χ0v) is 19.1. The molecule has 9 heteroatoms. The van der Waals surface area contributed by atoms with Gasteiger partial charge in [0, 0.05) is 49.0 Å². The molecule has 31 heavy (non-hydrogen) atoms. The fourth-order valence-electron chi connectivity index (χ4n) is 4.05. The molecule has 1 N–H and O–H groups in total. The van der Waals surface area contributed by atoms with Crippen LogP contribution in [0.5, 0.6) is 0 Å². The van der Waals surface area contributed by atoms with Crippen molar-refractivity contribution in [2.75, 3.05) is 36.4 Å². The topological polar surface area (TPSA) is 78.7 Å². The standard InChI is InChI=1S/C22H28ClN7O/c1-5-17-15(4)26-22-24-13-25-30(22)20(17)27-16-6-7-19(18(23)12-16)28-8-10-29(11-9-28)21(31)14(2)3/h6-7,12-14,27H,5,8-11H2,1-4H3. The quantitative estimate of drug-likeness (QED) is 0.650. The number of nitrogens with one attached hydrogen (secondary N) is 1. The van der Waals surface area contributed by atoms with Crippen molar-refractivity contribution in [3.05, 3.63) is 40.8 Å². The molecule has 0 radical (unpaired) electrons. The van der Waals surface area contributed by atoms with Gasteiger partial charge in [-0.1, -0.05) is 32.4 Å². The highest BCUT2D eigenvalue weighted by Crippen LogP contribution is 2.32. The molecule has 0 spiro atoms. The summed E-state index contributed by atoms with van der Waals surface area (Å²) >= 11 is 6.67. The Hall–Kier alpha value is -2.87. The smallest absolute Gasteiger partial charge is 0.254 e. The van der Waals surface area contributed by atoms with Crippen LogP contribution in [-0.2, 0) is 11.2 Å². The van der Waals surface area contributed by atoms with Crippen molar-refractivity contribution >= 4 is 40.5 Å². The van der Waals surface area contributed by atoms with Crippen molar-refractivity contribution in [2.24, 2.45) is 5.92 Å². The van der Waals surface area contributed by atoms with E-state index < -0.39 is 0 Å². The van der Waals surface area contributed by atoms with Crippen molar-refractivity contribution in [2.45, 2.75) is 34.1 Å². The predicted molar refractivity (Wildman–Crippen MR) is 123 cm³/mol. The lowest BCUT2D eigenvalue weighted by Crippen LogP contribution is -2.50. The number of hydrogen-bond acceptors (Lipinski definition) is 6. The van der Waals surface area contributed by atoms with E-state index in [1.165, 1.54) is 6.33 Å². The minimum atomic E-state index is 0.0294. The molecule has 2 aromatic heterocycles. The zero-order chi connectivity index (χ0) is 22.1. The molecule has 3 heterocycles. The molecule has 4 rings (SSSR count). The maximum absolute atomic E-state index is 12.2. The van der Waals surface area contributed by atoms with Crippen molar-refractivity contribution in [1.29, 1.82) is 0 Å². The minimum absolute atomic E-state index is 0.0294. The number of fused-ring (bicyclic) bond motifs is 1. The molecule has 1 aromatic carbocycles. The fraction of sp³-hybridized carbons (Fsp3) is 0.455. The first-order valence-electron chi connectivity index (χ1n) is 10.7. The number of amides is 1. The summed E-state index contributed by atoms with van der Waals surface area (Å²) in [5.74, 6) is 1.66. The van der Waals surface area contributed by atoms with Crippen LogP contribution in [-0.4, -0.2) is 56.6 Å². The summed E-state index contributed by atoms with van der Waals surface area (Å²) in [6.07, 6.45) is 2.33. The Kier molecular flexibility index (Phi) is 6.00. The molecule has 1 aliphatic heterocycles. The van der Waals surface area contributed by atoms with E-state index in [0.717, 1.165) is 48.0 Å². The van der Waals surface area contributed by atoms with Crippen molar-refractivity contribution < 1.29 is 4.79 Å². The van der Waals surface area contributed by atoms with Crippen LogP contribution in [0.2, 0.25) is 5.02 Å². The van der Waals surface area contributed by atoms with Crippen LogP contribution in [0, 0.1) is 12.8 Å². The molecule has 1 fully saturated rings. The van der Waals surface area contributed by atoms with E-state index in [9.17, 15) is 4.79 Å². The molecule has 0 saturated carbocycles. The van der Waals surface area contributed by atoms with Crippen molar-refractivity contribution in [1.82, 2.24) is 24.5 Å². The number of piperazine rings is 1. The molecule has 3 aromatic rings. The highest BCUT2D eigenvalue weighted by atomic mass is 35.5. The van der Waals surface area contributed by atoms with Crippen molar-refractivity contribution in [3.63, 3.8) is 0 Å². The third kappa shape index (κ3) is 4.17. The van der Waals surface area contributed by atoms with E-state index in [0.29, 0.717) is 23.9 Å². The second kappa shape index (κ2) is 8.70. The fourth-order valence-corrected chi connectivity index (χ4v) is 4.35. The summed E-state index contributed by atoms with van der Waals surface area (Å²) in [6.45, 7) is 10.9. The number of nitrogens with zero attached hydrogens (tertiary/aromatic N) is 6. The van der Waals surface area contributed by atoms with Gasteiger partial charge in [-0.05, 0) is 31.5 Å². The molecule has 1 saturated heterocycles. The molecule has 8 nitrogen and oxygen atoms in total. The average molecular weight is 442 g/mol. The summed E-state index contributed by atoms with van der Waals surface area (Å²) < 4.78 is 1.72. The number of anilines is 3.